The van der Waals surface area contributed by atoms with E-state index in [2.05, 4.69) is 31.7 Å². The van der Waals surface area contributed by atoms with Crippen LogP contribution in [0.25, 0.3) is 0 Å². The van der Waals surface area contributed by atoms with Crippen LogP contribution < -0.4 is 31.7 Å². The van der Waals surface area contributed by atoms with Gasteiger partial charge in [0.2, 0.25) is 23.6 Å². The van der Waals surface area contributed by atoms with E-state index in [1.807, 2.05) is 13.8 Å². The Hall–Kier alpha value is -5.36. The number of nitrogens with one attached hydrogen (secondary N) is 6. The number of aliphatic hydroxyl groups is 2. The highest BCUT2D eigenvalue weighted by Gasteiger charge is 2.39. The highest BCUT2D eigenvalue weighted by molar-refractivity contribution is 7.54. The molecule has 60 heavy (non-hydrogen) atoms. The van der Waals surface area contributed by atoms with Crippen LogP contribution in [-0.2, 0) is 52.5 Å². The third-order valence-corrected chi connectivity index (χ3v) is 11.7. The molecule has 1 saturated heterocycles. The highest BCUT2D eigenvalue weighted by atomic mass is 31.2. The lowest BCUT2D eigenvalue weighted by Gasteiger charge is -2.38. The number of aliphatic hydroxyl groups excluding tert-OH is 2. The molecule has 0 aliphatic carbocycles. The quantitative estimate of drug-likeness (QED) is 0.0652. The molecule has 9 N–H and O–H groups in total. The lowest BCUT2D eigenvalue weighted by atomic mass is 10.0. The highest BCUT2D eigenvalue weighted by Crippen LogP contribution is 2.49. The first-order chi connectivity index (χ1) is 28.9. The summed E-state index contributed by atoms with van der Waals surface area (Å²) in [6, 6.07) is 17.7. The first kappa shape index (κ1) is 47.3. The number of benzene rings is 3. The zero-order chi connectivity index (χ0) is 43.5. The number of amides is 5. The monoisotopic (exact) mass is 853 g/mol. The van der Waals surface area contributed by atoms with Crippen molar-refractivity contribution in [1.82, 2.24) is 36.3 Å². The van der Waals surface area contributed by atoms with Crippen molar-refractivity contribution in [2.24, 2.45) is 0 Å². The lowest BCUT2D eigenvalue weighted by Crippen LogP contribution is -2.61. The molecular weight excluding hydrogens is 797 g/mol. The first-order valence-corrected chi connectivity index (χ1v) is 21.5. The Labute approximate surface area is 349 Å². The lowest BCUT2D eigenvalue weighted by molar-refractivity contribution is -0.135. The Morgan fingerprint density at radius 3 is 1.75 bits per heavy atom. The van der Waals surface area contributed by atoms with Gasteiger partial charge in [-0.05, 0) is 41.7 Å². The van der Waals surface area contributed by atoms with E-state index < -0.39 is 80.9 Å². The number of carbonyl (C=O) groups is 5. The second kappa shape index (κ2) is 24.0. The van der Waals surface area contributed by atoms with Crippen LogP contribution in [0.4, 0.5) is 4.79 Å². The average molecular weight is 854 g/mol. The second-order valence-electron chi connectivity index (χ2n) is 14.2. The average Bonchev–Trinajstić information content (AvgIpc) is 3.24. The van der Waals surface area contributed by atoms with Gasteiger partial charge in [-0.1, -0.05) is 86.6 Å². The number of carbonyl (C=O) groups excluding carboxylic acids is 5. The van der Waals surface area contributed by atoms with Gasteiger partial charge in [-0.3, -0.25) is 23.7 Å². The molecule has 0 aromatic heterocycles. The fourth-order valence-corrected chi connectivity index (χ4v) is 8.54. The minimum absolute atomic E-state index is 0.00472. The van der Waals surface area contributed by atoms with Gasteiger partial charge in [0.1, 0.15) is 36.5 Å². The third-order valence-electron chi connectivity index (χ3n) is 9.39. The van der Waals surface area contributed by atoms with Gasteiger partial charge < -0.3 is 51.2 Å². The molecule has 18 nitrogen and oxygen atoms in total. The molecule has 0 unspecified atom stereocenters. The van der Waals surface area contributed by atoms with E-state index in [0.29, 0.717) is 29.8 Å². The van der Waals surface area contributed by atoms with Crippen molar-refractivity contribution in [3.8, 4) is 5.75 Å². The predicted molar refractivity (Wildman–Crippen MR) is 221 cm³/mol. The van der Waals surface area contributed by atoms with E-state index in [1.165, 1.54) is 12.1 Å². The molecule has 1 heterocycles. The van der Waals surface area contributed by atoms with Crippen LogP contribution in [0.1, 0.15) is 49.8 Å². The van der Waals surface area contributed by atoms with Gasteiger partial charge in [-0.25, -0.2) is 14.6 Å². The molecule has 3 aromatic rings. The minimum atomic E-state index is -3.51. The second-order valence-corrected chi connectivity index (χ2v) is 16.3. The van der Waals surface area contributed by atoms with Crippen LogP contribution in [0.2, 0.25) is 0 Å². The molecule has 5 amide bonds. The third kappa shape index (κ3) is 14.7. The fraction of sp³-hybridized carbons (Fsp3) is 0.439. The summed E-state index contributed by atoms with van der Waals surface area (Å²) < 4.78 is 26.5. The van der Waals surface area contributed by atoms with E-state index >= 15 is 0 Å². The van der Waals surface area contributed by atoms with Crippen LogP contribution >= 0.6 is 7.67 Å². The molecular formula is C41H56N7O11P. The Balaban J connectivity index is 1.49. The maximum atomic E-state index is 14.2. The first-order valence-electron chi connectivity index (χ1n) is 19.9. The Kier molecular flexibility index (Phi) is 19.0. The molecule has 1 aliphatic rings. The molecule has 0 saturated carbocycles. The molecule has 326 valence electrons. The number of aromatic hydroxyl groups is 1. The number of phenols is 1. The molecule has 0 bridgehead atoms. The molecule has 6 atom stereocenters. The zero-order valence-electron chi connectivity index (χ0n) is 33.7. The van der Waals surface area contributed by atoms with Crippen molar-refractivity contribution >= 4 is 37.4 Å². The molecule has 1 aliphatic heterocycles. The topological polar surface area (TPSA) is 257 Å². The van der Waals surface area contributed by atoms with Crippen molar-refractivity contribution in [3.63, 3.8) is 0 Å². The summed E-state index contributed by atoms with van der Waals surface area (Å²) in [6.45, 7) is 3.15. The smallest absolute Gasteiger partial charge is 0.408 e. The number of nitrogens with zero attached hydrogens (tertiary/aromatic N) is 1. The summed E-state index contributed by atoms with van der Waals surface area (Å²) in [6.07, 6.45) is -0.159. The van der Waals surface area contributed by atoms with Gasteiger partial charge in [0.15, 0.2) is 0 Å². The SMILES string of the molecule is CCCN(CCC)[P@]1(=O)N[C@@H](NC(=O)[C@H](Cc2ccc(O)cc2)NC(=O)[C@H](Cc2ccccc2)NC(=O)[C@H](CO)NC(=O)[C@H](CO)NC(=O)OCc2ccccc2)CCO1. The van der Waals surface area contributed by atoms with Gasteiger partial charge in [-0.15, -0.1) is 0 Å². The van der Waals surface area contributed by atoms with E-state index in [-0.39, 0.29) is 38.2 Å². The fourth-order valence-electron chi connectivity index (χ4n) is 6.27. The standard InChI is InChI=1S/C41H56N7O11P/c1-3-20-48(21-4-2)60(57)47-36(19-22-59-60)46-38(53)33(24-29-15-17-31(51)18-16-29)42-37(52)32(23-28-11-7-5-8-12-28)43-39(54)34(25-49)44-40(55)35(26-50)45-41(56)58-27-30-13-9-6-10-14-30/h5-18,32-36,49-51H,3-4,19-27H2,1-2H3,(H,42,52)(H,43,54)(H,44,55)(H,45,56)(H,46,53)(H,47,57)/t32-,33-,34-,35-,36+,60-/m0/s1. The van der Waals surface area contributed by atoms with E-state index in [4.69, 9.17) is 9.26 Å². The maximum absolute atomic E-state index is 14.2. The van der Waals surface area contributed by atoms with Gasteiger partial charge in [0.05, 0.1) is 26.0 Å². The molecule has 3 aromatic carbocycles. The number of alkyl carbamates (subject to hydrolysis) is 1. The van der Waals surface area contributed by atoms with E-state index in [1.54, 1.807) is 77.5 Å². The molecule has 19 heteroatoms. The van der Waals surface area contributed by atoms with Gasteiger partial charge in [0.25, 0.3) is 0 Å². The largest absolute Gasteiger partial charge is 0.508 e. The molecule has 4 rings (SSSR count). The van der Waals surface area contributed by atoms with E-state index in [0.717, 1.165) is 12.8 Å². The maximum Gasteiger partial charge on any atom is 0.408 e. The Morgan fingerprint density at radius 2 is 1.20 bits per heavy atom. The molecule has 0 radical (unpaired) electrons. The van der Waals surface area contributed by atoms with Crippen LogP contribution in [0, 0.1) is 0 Å². The van der Waals surface area contributed by atoms with Crippen LogP contribution in [0.3, 0.4) is 0 Å². The Bertz CT molecular complexity index is 1890. The Morgan fingerprint density at radius 1 is 0.717 bits per heavy atom. The summed E-state index contributed by atoms with van der Waals surface area (Å²) in [5, 5.41) is 45.5. The number of hydrogen-bond donors (Lipinski definition) is 9. The van der Waals surface area contributed by atoms with Crippen molar-refractivity contribution in [2.45, 2.75) is 82.9 Å². The van der Waals surface area contributed by atoms with Gasteiger partial charge >= 0.3 is 13.8 Å². The number of rotatable bonds is 22. The van der Waals surface area contributed by atoms with Gasteiger partial charge in [0, 0.05) is 32.4 Å². The number of ether oxygens (including phenoxy) is 1. The summed E-state index contributed by atoms with van der Waals surface area (Å²) in [5.41, 5.74) is 1.89. The number of hydrogen-bond acceptors (Lipinski definition) is 11. The number of phenolic OH excluding ortho intramolecular Hbond substituents is 1. The van der Waals surface area contributed by atoms with E-state index in [9.17, 15) is 43.9 Å². The predicted octanol–water partition coefficient (Wildman–Crippen LogP) is 1.59. The summed E-state index contributed by atoms with van der Waals surface area (Å²) in [4.78, 5) is 67.3. The van der Waals surface area contributed by atoms with Crippen LogP contribution in [-0.4, -0.2) is 113 Å². The van der Waals surface area contributed by atoms with Crippen molar-refractivity contribution in [2.75, 3.05) is 32.9 Å². The van der Waals surface area contributed by atoms with Crippen molar-refractivity contribution < 1.29 is 53.1 Å². The van der Waals surface area contributed by atoms with Crippen LogP contribution in [0.15, 0.2) is 84.9 Å². The van der Waals surface area contributed by atoms with Crippen LogP contribution in [0.5, 0.6) is 5.75 Å². The summed E-state index contributed by atoms with van der Waals surface area (Å²) in [5.74, 6) is -3.41. The molecule has 0 spiro atoms. The van der Waals surface area contributed by atoms with Crippen molar-refractivity contribution in [3.05, 3.63) is 102 Å². The summed E-state index contributed by atoms with van der Waals surface area (Å²) >= 11 is 0. The van der Waals surface area contributed by atoms with Gasteiger partial charge in [-0.2, -0.15) is 0 Å². The minimum Gasteiger partial charge on any atom is -0.508 e. The normalized spacial score (nSPS) is 18.2. The zero-order valence-corrected chi connectivity index (χ0v) is 34.6. The van der Waals surface area contributed by atoms with Crippen molar-refractivity contribution in [1.29, 1.82) is 0 Å². The molecule has 1 fully saturated rings. The summed E-state index contributed by atoms with van der Waals surface area (Å²) in [7, 11) is -3.51.